The second-order valence-corrected chi connectivity index (χ2v) is 3.74. The van der Waals surface area contributed by atoms with Crippen molar-refractivity contribution >= 4 is 17.6 Å². The molecule has 0 saturated heterocycles. The van der Waals surface area contributed by atoms with Crippen LogP contribution in [0.3, 0.4) is 0 Å². The van der Waals surface area contributed by atoms with Crippen LogP contribution in [0.5, 0.6) is 0 Å². The van der Waals surface area contributed by atoms with Crippen LogP contribution >= 0.6 is 11.6 Å². The minimum absolute atomic E-state index is 0.219. The van der Waals surface area contributed by atoms with Crippen LogP contribution in [0.15, 0.2) is 34.9 Å². The largest absolute Gasteiger partial charge is 0.432 e. The summed E-state index contributed by atoms with van der Waals surface area (Å²) in [7, 11) is 0. The van der Waals surface area contributed by atoms with E-state index >= 15 is 0 Å². The van der Waals surface area contributed by atoms with E-state index in [4.69, 9.17) is 21.8 Å². The fourth-order valence-electron chi connectivity index (χ4n) is 1.40. The van der Waals surface area contributed by atoms with Crippen molar-refractivity contribution in [2.45, 2.75) is 12.8 Å². The molecule has 1 aromatic heterocycles. The summed E-state index contributed by atoms with van der Waals surface area (Å²) < 4.78 is 4.92. The van der Waals surface area contributed by atoms with E-state index < -0.39 is 0 Å². The highest BCUT2D eigenvalue weighted by Gasteiger charge is 2.01. The van der Waals surface area contributed by atoms with Crippen LogP contribution in [0.25, 0.3) is 0 Å². The van der Waals surface area contributed by atoms with Crippen LogP contribution in [0.4, 0.5) is 6.01 Å². The molecule has 0 spiro atoms. The summed E-state index contributed by atoms with van der Waals surface area (Å²) in [6, 6.07) is 8.00. The Balaban J connectivity index is 1.99. The number of halogens is 1. The van der Waals surface area contributed by atoms with Crippen molar-refractivity contribution in [3.63, 3.8) is 0 Å². The monoisotopic (exact) mass is 222 g/mol. The van der Waals surface area contributed by atoms with Gasteiger partial charge in [-0.05, 0) is 30.5 Å². The molecular formula is C11H11ClN2O. The van der Waals surface area contributed by atoms with Crippen LogP contribution in [0.2, 0.25) is 5.02 Å². The number of nitrogen functional groups attached to an aromatic ring is 1. The molecule has 1 heterocycles. The fraction of sp³-hybridized carbons (Fsp3) is 0.182. The van der Waals surface area contributed by atoms with Crippen LogP contribution in [0, 0.1) is 0 Å². The van der Waals surface area contributed by atoms with Gasteiger partial charge in [-0.1, -0.05) is 23.7 Å². The molecule has 0 bridgehead atoms. The average Bonchev–Trinajstić information content (AvgIpc) is 2.62. The predicted molar refractivity (Wildman–Crippen MR) is 59.8 cm³/mol. The first kappa shape index (κ1) is 10.1. The molecule has 2 rings (SSSR count). The van der Waals surface area contributed by atoms with Gasteiger partial charge < -0.3 is 10.2 Å². The average molecular weight is 223 g/mol. The van der Waals surface area contributed by atoms with Gasteiger partial charge in [-0.2, -0.15) is 4.98 Å². The molecule has 0 radical (unpaired) electrons. The third-order valence-corrected chi connectivity index (χ3v) is 2.36. The Morgan fingerprint density at radius 1 is 1.33 bits per heavy atom. The Bertz CT molecular complexity index is 453. The fourth-order valence-corrected chi connectivity index (χ4v) is 1.62. The Labute approximate surface area is 92.9 Å². The van der Waals surface area contributed by atoms with Gasteiger partial charge in [-0.3, -0.25) is 0 Å². The Kier molecular flexibility index (Phi) is 2.92. The van der Waals surface area contributed by atoms with Crippen LogP contribution in [0.1, 0.15) is 11.3 Å². The summed E-state index contributed by atoms with van der Waals surface area (Å²) in [6.07, 6.45) is 3.27. The Hall–Kier alpha value is -1.48. The number of anilines is 1. The highest BCUT2D eigenvalue weighted by molar-refractivity contribution is 6.30. The number of hydrogen-bond acceptors (Lipinski definition) is 3. The lowest BCUT2D eigenvalue weighted by Crippen LogP contribution is -1.92. The molecule has 2 N–H and O–H groups in total. The van der Waals surface area contributed by atoms with Gasteiger partial charge in [0.15, 0.2) is 0 Å². The number of nitrogens with two attached hydrogens (primary N) is 1. The zero-order valence-corrected chi connectivity index (χ0v) is 8.87. The summed E-state index contributed by atoms with van der Waals surface area (Å²) in [4.78, 5) is 4.03. The van der Waals surface area contributed by atoms with Gasteiger partial charge in [-0.15, -0.1) is 0 Å². The lowest BCUT2D eigenvalue weighted by Gasteiger charge is -1.99. The van der Waals surface area contributed by atoms with E-state index in [-0.39, 0.29) is 6.01 Å². The van der Waals surface area contributed by atoms with Crippen molar-refractivity contribution in [2.24, 2.45) is 0 Å². The zero-order chi connectivity index (χ0) is 10.7. The van der Waals surface area contributed by atoms with E-state index in [0.29, 0.717) is 0 Å². The number of aryl methyl sites for hydroxylation is 2. The summed E-state index contributed by atoms with van der Waals surface area (Å²) in [5.74, 6) is 0. The first-order valence-electron chi connectivity index (χ1n) is 4.68. The van der Waals surface area contributed by atoms with Gasteiger partial charge in [-0.25, -0.2) is 0 Å². The number of rotatable bonds is 3. The third-order valence-electron chi connectivity index (χ3n) is 2.13. The lowest BCUT2D eigenvalue weighted by molar-refractivity contribution is 0.578. The van der Waals surface area contributed by atoms with E-state index in [1.807, 2.05) is 24.3 Å². The highest BCUT2D eigenvalue weighted by atomic mass is 35.5. The SMILES string of the molecule is Nc1nc(CCc2cccc(Cl)c2)co1. The van der Waals surface area contributed by atoms with Crippen molar-refractivity contribution in [1.29, 1.82) is 0 Å². The normalized spacial score (nSPS) is 10.5. The van der Waals surface area contributed by atoms with Crippen LogP contribution in [-0.2, 0) is 12.8 Å². The Morgan fingerprint density at radius 3 is 2.87 bits per heavy atom. The molecule has 2 aromatic rings. The maximum Gasteiger partial charge on any atom is 0.292 e. The number of nitrogens with zero attached hydrogens (tertiary/aromatic N) is 1. The number of aromatic nitrogens is 1. The molecule has 0 saturated carbocycles. The van der Waals surface area contributed by atoms with Gasteiger partial charge in [0.2, 0.25) is 0 Å². The van der Waals surface area contributed by atoms with Crippen LogP contribution in [-0.4, -0.2) is 4.98 Å². The molecular weight excluding hydrogens is 212 g/mol. The van der Waals surface area contributed by atoms with E-state index in [1.165, 1.54) is 5.56 Å². The van der Waals surface area contributed by atoms with Crippen molar-refractivity contribution in [1.82, 2.24) is 4.98 Å². The maximum absolute atomic E-state index is 5.88. The molecule has 0 atom stereocenters. The molecule has 0 unspecified atom stereocenters. The third kappa shape index (κ3) is 2.73. The number of benzene rings is 1. The molecule has 0 fully saturated rings. The summed E-state index contributed by atoms with van der Waals surface area (Å²) in [5, 5.41) is 0.757. The first-order chi connectivity index (χ1) is 7.24. The predicted octanol–water partition coefficient (Wildman–Crippen LogP) is 2.70. The smallest absolute Gasteiger partial charge is 0.292 e. The molecule has 3 nitrogen and oxygen atoms in total. The van der Waals surface area contributed by atoms with Crippen molar-refractivity contribution < 1.29 is 4.42 Å². The summed E-state index contributed by atoms with van der Waals surface area (Å²) in [5.41, 5.74) is 7.43. The molecule has 1 aromatic carbocycles. The van der Waals surface area contributed by atoms with E-state index in [2.05, 4.69) is 4.98 Å². The minimum atomic E-state index is 0.219. The maximum atomic E-state index is 5.88. The molecule has 0 amide bonds. The summed E-state index contributed by atoms with van der Waals surface area (Å²) in [6.45, 7) is 0. The van der Waals surface area contributed by atoms with E-state index in [1.54, 1.807) is 6.26 Å². The molecule has 0 aliphatic heterocycles. The number of hydrogen-bond donors (Lipinski definition) is 1. The Morgan fingerprint density at radius 2 is 2.20 bits per heavy atom. The van der Waals surface area contributed by atoms with Crippen molar-refractivity contribution in [3.8, 4) is 0 Å². The molecule has 78 valence electrons. The van der Waals surface area contributed by atoms with E-state index in [0.717, 1.165) is 23.6 Å². The van der Waals surface area contributed by atoms with Crippen LogP contribution < -0.4 is 5.73 Å². The van der Waals surface area contributed by atoms with E-state index in [9.17, 15) is 0 Å². The second-order valence-electron chi connectivity index (χ2n) is 3.31. The molecule has 15 heavy (non-hydrogen) atoms. The molecule has 0 aliphatic carbocycles. The standard InChI is InChI=1S/C11H11ClN2O/c12-9-3-1-2-8(6-9)4-5-10-7-15-11(13)14-10/h1-3,6-7H,4-5H2,(H2,13,14). The van der Waals surface area contributed by atoms with Gasteiger partial charge in [0.25, 0.3) is 6.01 Å². The molecule has 4 heteroatoms. The van der Waals surface area contributed by atoms with Gasteiger partial charge >= 0.3 is 0 Å². The molecule has 0 aliphatic rings. The quantitative estimate of drug-likeness (QED) is 0.869. The lowest BCUT2D eigenvalue weighted by atomic mass is 10.1. The minimum Gasteiger partial charge on any atom is -0.432 e. The first-order valence-corrected chi connectivity index (χ1v) is 5.06. The zero-order valence-electron chi connectivity index (χ0n) is 8.11. The second kappa shape index (κ2) is 4.36. The van der Waals surface area contributed by atoms with Gasteiger partial charge in [0.05, 0.1) is 5.69 Å². The van der Waals surface area contributed by atoms with Gasteiger partial charge in [0, 0.05) is 5.02 Å². The van der Waals surface area contributed by atoms with Crippen molar-refractivity contribution in [3.05, 3.63) is 46.8 Å². The topological polar surface area (TPSA) is 52.0 Å². The highest BCUT2D eigenvalue weighted by Crippen LogP contribution is 2.13. The van der Waals surface area contributed by atoms with Crippen molar-refractivity contribution in [2.75, 3.05) is 5.73 Å². The number of oxazole rings is 1. The van der Waals surface area contributed by atoms with Gasteiger partial charge in [0.1, 0.15) is 6.26 Å². The summed E-state index contributed by atoms with van der Waals surface area (Å²) >= 11 is 5.88.